The number of halogens is 1. The fourth-order valence-corrected chi connectivity index (χ4v) is 2.53. The van der Waals surface area contributed by atoms with Crippen LogP contribution >= 0.6 is 0 Å². The molecule has 1 aromatic carbocycles. The van der Waals surface area contributed by atoms with Gasteiger partial charge in [-0.2, -0.15) is 10.4 Å². The Bertz CT molecular complexity index is 1040. The molecule has 0 radical (unpaired) electrons. The molecule has 0 spiro atoms. The van der Waals surface area contributed by atoms with E-state index >= 15 is 0 Å². The van der Waals surface area contributed by atoms with E-state index in [0.717, 1.165) is 11.6 Å². The smallest absolute Gasteiger partial charge is 0.287 e. The maximum absolute atomic E-state index is 13.7. The molecule has 9 heteroatoms. The van der Waals surface area contributed by atoms with Crippen LogP contribution in [0.3, 0.4) is 0 Å². The summed E-state index contributed by atoms with van der Waals surface area (Å²) in [5.74, 6) is -1.22. The zero-order valence-corrected chi connectivity index (χ0v) is 15.2. The average molecular weight is 380 g/mol. The second-order valence-corrected chi connectivity index (χ2v) is 5.71. The molecule has 28 heavy (non-hydrogen) atoms. The lowest BCUT2D eigenvalue weighted by molar-refractivity contribution is 0.0952. The maximum atomic E-state index is 13.7. The van der Waals surface area contributed by atoms with Crippen molar-refractivity contribution >= 4 is 11.6 Å². The molecule has 0 aliphatic heterocycles. The zero-order chi connectivity index (χ0) is 20.1. The van der Waals surface area contributed by atoms with Crippen molar-refractivity contribution < 1.29 is 13.9 Å². The highest BCUT2D eigenvalue weighted by Crippen LogP contribution is 2.20. The van der Waals surface area contributed by atoms with Gasteiger partial charge < -0.3 is 4.74 Å². The highest BCUT2D eigenvalue weighted by molar-refractivity contribution is 5.94. The standard InChI is InChI=1S/C19H17FN6O2/c1-3-26-17(9-16(25-26)13-6-4-12(10-21)5-7-13)18(27)24-23-14-8-15(20)19(28-2)22-11-14/h4-9,11,23H,3H2,1-2H3,(H,24,27). The van der Waals surface area contributed by atoms with Crippen LogP contribution in [-0.4, -0.2) is 27.8 Å². The lowest BCUT2D eigenvalue weighted by Gasteiger charge is -2.09. The number of carbonyl (C=O) groups excluding carboxylic acids is 1. The number of amides is 1. The first-order chi connectivity index (χ1) is 13.5. The van der Waals surface area contributed by atoms with Gasteiger partial charge in [0, 0.05) is 18.2 Å². The van der Waals surface area contributed by atoms with Crippen LogP contribution in [0, 0.1) is 17.1 Å². The van der Waals surface area contributed by atoms with Gasteiger partial charge in [-0.3, -0.25) is 20.3 Å². The summed E-state index contributed by atoms with van der Waals surface area (Å²) < 4.78 is 20.0. The maximum Gasteiger partial charge on any atom is 0.287 e. The summed E-state index contributed by atoms with van der Waals surface area (Å²) in [5.41, 5.74) is 7.64. The predicted octanol–water partition coefficient (Wildman–Crippen LogP) is 2.74. The highest BCUT2D eigenvalue weighted by atomic mass is 19.1. The van der Waals surface area contributed by atoms with Crippen LogP contribution in [-0.2, 0) is 6.54 Å². The number of anilines is 1. The minimum absolute atomic E-state index is 0.131. The molecule has 0 unspecified atom stereocenters. The molecule has 3 aromatic rings. The Morgan fingerprint density at radius 3 is 2.68 bits per heavy atom. The third-order valence-corrected chi connectivity index (χ3v) is 3.94. The fourth-order valence-electron chi connectivity index (χ4n) is 2.53. The molecule has 0 fully saturated rings. The molecule has 2 heterocycles. The number of hydrogen-bond acceptors (Lipinski definition) is 6. The number of carbonyl (C=O) groups is 1. The summed E-state index contributed by atoms with van der Waals surface area (Å²) in [5, 5.41) is 13.3. The van der Waals surface area contributed by atoms with E-state index in [0.29, 0.717) is 23.5 Å². The number of aryl methyl sites for hydroxylation is 1. The number of nitriles is 1. The van der Waals surface area contributed by atoms with Crippen LogP contribution in [0.2, 0.25) is 0 Å². The van der Waals surface area contributed by atoms with Gasteiger partial charge >= 0.3 is 0 Å². The molecule has 8 nitrogen and oxygen atoms in total. The number of hydrogen-bond donors (Lipinski definition) is 2. The number of nitrogens with zero attached hydrogens (tertiary/aromatic N) is 4. The third kappa shape index (κ3) is 3.91. The number of aromatic nitrogens is 3. The summed E-state index contributed by atoms with van der Waals surface area (Å²) in [4.78, 5) is 16.3. The summed E-state index contributed by atoms with van der Waals surface area (Å²) in [6, 6.07) is 11.8. The van der Waals surface area contributed by atoms with E-state index in [9.17, 15) is 9.18 Å². The summed E-state index contributed by atoms with van der Waals surface area (Å²) in [6.07, 6.45) is 1.33. The van der Waals surface area contributed by atoms with Crippen molar-refractivity contribution in [1.29, 1.82) is 5.26 Å². The van der Waals surface area contributed by atoms with Gasteiger partial charge in [0.05, 0.1) is 36.3 Å². The molecule has 0 aliphatic rings. The van der Waals surface area contributed by atoms with Gasteiger partial charge in [0.1, 0.15) is 5.69 Å². The van der Waals surface area contributed by atoms with Crippen molar-refractivity contribution in [3.8, 4) is 23.2 Å². The molecular weight excluding hydrogens is 363 g/mol. The number of pyridine rings is 1. The monoisotopic (exact) mass is 380 g/mol. The number of methoxy groups -OCH3 is 1. The Morgan fingerprint density at radius 1 is 1.32 bits per heavy atom. The van der Waals surface area contributed by atoms with Crippen LogP contribution in [0.15, 0.2) is 42.6 Å². The summed E-state index contributed by atoms with van der Waals surface area (Å²) in [6.45, 7) is 2.35. The number of ether oxygens (including phenoxy) is 1. The Morgan fingerprint density at radius 2 is 2.07 bits per heavy atom. The van der Waals surface area contributed by atoms with Crippen molar-refractivity contribution in [2.24, 2.45) is 0 Å². The van der Waals surface area contributed by atoms with E-state index in [4.69, 9.17) is 10.00 Å². The van der Waals surface area contributed by atoms with E-state index < -0.39 is 11.7 Å². The fraction of sp³-hybridized carbons (Fsp3) is 0.158. The molecule has 3 rings (SSSR count). The first kappa shape index (κ1) is 18.8. The van der Waals surface area contributed by atoms with Crippen molar-refractivity contribution in [3.63, 3.8) is 0 Å². The number of nitrogens with one attached hydrogen (secondary N) is 2. The van der Waals surface area contributed by atoms with E-state index in [1.54, 1.807) is 35.0 Å². The topological polar surface area (TPSA) is 105 Å². The first-order valence-electron chi connectivity index (χ1n) is 8.40. The van der Waals surface area contributed by atoms with Crippen LogP contribution in [0.4, 0.5) is 10.1 Å². The molecule has 2 N–H and O–H groups in total. The molecule has 1 amide bonds. The number of rotatable bonds is 6. The van der Waals surface area contributed by atoms with Crippen molar-refractivity contribution in [2.75, 3.05) is 12.5 Å². The van der Waals surface area contributed by atoms with Crippen LogP contribution in [0.5, 0.6) is 5.88 Å². The lowest BCUT2D eigenvalue weighted by atomic mass is 10.1. The molecule has 0 saturated heterocycles. The van der Waals surface area contributed by atoms with Crippen molar-refractivity contribution in [3.05, 3.63) is 59.7 Å². The van der Waals surface area contributed by atoms with Crippen LogP contribution in [0.25, 0.3) is 11.3 Å². The lowest BCUT2D eigenvalue weighted by Crippen LogP contribution is -2.31. The molecule has 0 bridgehead atoms. The van der Waals surface area contributed by atoms with Crippen molar-refractivity contribution in [1.82, 2.24) is 20.2 Å². The van der Waals surface area contributed by atoms with Gasteiger partial charge in [0.15, 0.2) is 5.82 Å². The Hall–Kier alpha value is -3.93. The number of hydrazine groups is 1. The largest absolute Gasteiger partial charge is 0.479 e. The first-order valence-corrected chi connectivity index (χ1v) is 8.40. The Labute approximate surface area is 160 Å². The van der Waals surface area contributed by atoms with Gasteiger partial charge in [-0.25, -0.2) is 9.37 Å². The second-order valence-electron chi connectivity index (χ2n) is 5.71. The molecule has 2 aromatic heterocycles. The van der Waals surface area contributed by atoms with E-state index in [1.165, 1.54) is 13.3 Å². The van der Waals surface area contributed by atoms with Gasteiger partial charge in [-0.05, 0) is 25.1 Å². The Kier molecular flexibility index (Phi) is 5.50. The predicted molar refractivity (Wildman–Crippen MR) is 99.9 cm³/mol. The van der Waals surface area contributed by atoms with Gasteiger partial charge in [0.25, 0.3) is 5.91 Å². The van der Waals surface area contributed by atoms with Crippen LogP contribution in [0.1, 0.15) is 23.0 Å². The van der Waals surface area contributed by atoms with Crippen molar-refractivity contribution in [2.45, 2.75) is 13.5 Å². The normalized spacial score (nSPS) is 10.2. The zero-order valence-electron chi connectivity index (χ0n) is 15.2. The SMILES string of the molecule is CCn1nc(-c2ccc(C#N)cc2)cc1C(=O)NNc1cnc(OC)c(F)c1. The number of benzene rings is 1. The minimum Gasteiger partial charge on any atom is -0.479 e. The highest BCUT2D eigenvalue weighted by Gasteiger charge is 2.16. The molecule has 0 aliphatic carbocycles. The molecular formula is C19H17FN6O2. The average Bonchev–Trinajstić information content (AvgIpc) is 3.16. The van der Waals surface area contributed by atoms with Gasteiger partial charge in [-0.15, -0.1) is 0 Å². The quantitative estimate of drug-likeness (QED) is 0.637. The van der Waals surface area contributed by atoms with E-state index in [2.05, 4.69) is 27.0 Å². The second kappa shape index (κ2) is 8.18. The van der Waals surface area contributed by atoms with E-state index in [1.807, 2.05) is 6.92 Å². The van der Waals surface area contributed by atoms with Gasteiger partial charge in [0.2, 0.25) is 5.88 Å². The van der Waals surface area contributed by atoms with Gasteiger partial charge in [-0.1, -0.05) is 12.1 Å². The van der Waals surface area contributed by atoms with E-state index in [-0.39, 0.29) is 11.6 Å². The molecule has 0 atom stereocenters. The Balaban J connectivity index is 1.76. The summed E-state index contributed by atoms with van der Waals surface area (Å²) >= 11 is 0. The minimum atomic E-state index is -0.650. The third-order valence-electron chi connectivity index (χ3n) is 3.94. The van der Waals surface area contributed by atoms with Crippen LogP contribution < -0.4 is 15.6 Å². The molecule has 142 valence electrons. The molecule has 0 saturated carbocycles. The summed E-state index contributed by atoms with van der Waals surface area (Å²) in [7, 11) is 1.32.